The molecule has 0 bridgehead atoms. The van der Waals surface area contributed by atoms with Gasteiger partial charge in [0.2, 0.25) is 0 Å². The van der Waals surface area contributed by atoms with Gasteiger partial charge in [0.15, 0.2) is 0 Å². The largest absolute Gasteiger partial charge is 0.388 e. The summed E-state index contributed by atoms with van der Waals surface area (Å²) < 4.78 is 26.1. The second-order valence-electron chi connectivity index (χ2n) is 9.93. The standard InChI is InChI=1S/C34H36Br2O6/c35-29-15-11-27(12-16-29)19-39-23-31(41-21-25-7-3-1-4-8-25)33(37)34(38)32(42-22-26-9-5-2-6-10-26)24-40-20-28-13-17-30(36)18-14-28/h1-18,31-34,37-38H,19-24H2/t31-,32-,33-,34-/m1/s1. The third-order valence-corrected chi connectivity index (χ3v) is 7.71. The van der Waals surface area contributed by atoms with Crippen LogP contribution in [0.3, 0.4) is 0 Å². The van der Waals surface area contributed by atoms with E-state index in [1.54, 1.807) is 0 Å². The average molecular weight is 700 g/mol. The van der Waals surface area contributed by atoms with Crippen molar-refractivity contribution in [3.05, 3.63) is 140 Å². The molecule has 0 spiro atoms. The first-order valence-corrected chi connectivity index (χ1v) is 15.4. The van der Waals surface area contributed by atoms with Crippen LogP contribution in [0.25, 0.3) is 0 Å². The minimum atomic E-state index is -1.30. The summed E-state index contributed by atoms with van der Waals surface area (Å²) in [5.74, 6) is 0. The molecule has 222 valence electrons. The van der Waals surface area contributed by atoms with Gasteiger partial charge in [-0.05, 0) is 46.5 Å². The summed E-state index contributed by atoms with van der Waals surface area (Å²) in [6, 6.07) is 35.0. The molecule has 2 N–H and O–H groups in total. The molecule has 0 fully saturated rings. The van der Waals surface area contributed by atoms with Crippen molar-refractivity contribution >= 4 is 31.9 Å². The lowest BCUT2D eigenvalue weighted by Crippen LogP contribution is -2.49. The number of ether oxygens (including phenoxy) is 4. The van der Waals surface area contributed by atoms with Crippen LogP contribution in [-0.2, 0) is 45.4 Å². The molecule has 0 unspecified atom stereocenters. The first kappa shape index (κ1) is 32.5. The van der Waals surface area contributed by atoms with Gasteiger partial charge in [0, 0.05) is 8.95 Å². The maximum absolute atomic E-state index is 11.4. The molecule has 8 heteroatoms. The Hall–Kier alpha value is -2.40. The lowest BCUT2D eigenvalue weighted by Gasteiger charge is -2.32. The Balaban J connectivity index is 1.43. The summed E-state index contributed by atoms with van der Waals surface area (Å²) in [5, 5.41) is 22.8. The van der Waals surface area contributed by atoms with Crippen LogP contribution in [0.4, 0.5) is 0 Å². The quantitative estimate of drug-likeness (QED) is 0.126. The number of hydrogen-bond donors (Lipinski definition) is 2. The molecule has 4 aromatic carbocycles. The summed E-state index contributed by atoms with van der Waals surface area (Å²) in [6.07, 6.45) is -4.22. The molecule has 0 heterocycles. The highest BCUT2D eigenvalue weighted by molar-refractivity contribution is 9.10. The number of benzene rings is 4. The van der Waals surface area contributed by atoms with Gasteiger partial charge in [0.1, 0.15) is 24.4 Å². The summed E-state index contributed by atoms with van der Waals surface area (Å²) in [6.45, 7) is 1.34. The second-order valence-corrected chi connectivity index (χ2v) is 11.8. The van der Waals surface area contributed by atoms with Gasteiger partial charge in [-0.1, -0.05) is 117 Å². The average Bonchev–Trinajstić information content (AvgIpc) is 3.02. The number of aliphatic hydroxyl groups is 2. The van der Waals surface area contributed by atoms with Gasteiger partial charge in [-0.25, -0.2) is 0 Å². The van der Waals surface area contributed by atoms with Crippen molar-refractivity contribution in [1.29, 1.82) is 0 Å². The van der Waals surface area contributed by atoms with E-state index in [-0.39, 0.29) is 26.4 Å². The van der Waals surface area contributed by atoms with Crippen molar-refractivity contribution in [2.24, 2.45) is 0 Å². The van der Waals surface area contributed by atoms with Gasteiger partial charge in [-0.3, -0.25) is 0 Å². The topological polar surface area (TPSA) is 77.4 Å². The van der Waals surface area contributed by atoms with Crippen LogP contribution in [0, 0.1) is 0 Å². The van der Waals surface area contributed by atoms with Crippen LogP contribution in [0.2, 0.25) is 0 Å². The van der Waals surface area contributed by atoms with Crippen molar-refractivity contribution in [3.63, 3.8) is 0 Å². The number of rotatable bonds is 17. The highest BCUT2D eigenvalue weighted by Crippen LogP contribution is 2.18. The van der Waals surface area contributed by atoms with E-state index in [2.05, 4.69) is 31.9 Å². The Morgan fingerprint density at radius 2 is 0.786 bits per heavy atom. The van der Waals surface area contributed by atoms with E-state index < -0.39 is 24.4 Å². The van der Waals surface area contributed by atoms with Crippen LogP contribution in [0.1, 0.15) is 22.3 Å². The van der Waals surface area contributed by atoms with Crippen LogP contribution in [0.15, 0.2) is 118 Å². The summed E-state index contributed by atoms with van der Waals surface area (Å²) >= 11 is 6.89. The number of hydrogen-bond acceptors (Lipinski definition) is 6. The maximum Gasteiger partial charge on any atom is 0.111 e. The van der Waals surface area contributed by atoms with E-state index in [0.717, 1.165) is 31.2 Å². The van der Waals surface area contributed by atoms with Crippen molar-refractivity contribution in [2.45, 2.75) is 50.8 Å². The van der Waals surface area contributed by atoms with Gasteiger partial charge in [-0.2, -0.15) is 0 Å². The van der Waals surface area contributed by atoms with E-state index in [4.69, 9.17) is 18.9 Å². The molecule has 42 heavy (non-hydrogen) atoms. The summed E-state index contributed by atoms with van der Waals surface area (Å²) in [5.41, 5.74) is 3.87. The third-order valence-electron chi connectivity index (χ3n) is 6.65. The molecule has 0 radical (unpaired) electrons. The molecule has 0 aliphatic carbocycles. The van der Waals surface area contributed by atoms with Crippen LogP contribution in [-0.4, -0.2) is 47.8 Å². The fourth-order valence-electron chi connectivity index (χ4n) is 4.23. The molecule has 4 rings (SSSR count). The fraction of sp³-hybridized carbons (Fsp3) is 0.294. The van der Waals surface area contributed by atoms with Crippen molar-refractivity contribution < 1.29 is 29.2 Å². The van der Waals surface area contributed by atoms with Gasteiger partial charge < -0.3 is 29.2 Å². The van der Waals surface area contributed by atoms with E-state index in [9.17, 15) is 10.2 Å². The molecule has 0 aliphatic heterocycles. The zero-order valence-electron chi connectivity index (χ0n) is 23.2. The minimum Gasteiger partial charge on any atom is -0.388 e. The normalized spacial score (nSPS) is 14.3. The Bertz CT molecular complexity index is 1190. The maximum atomic E-state index is 11.4. The summed E-state index contributed by atoms with van der Waals surface area (Å²) in [7, 11) is 0. The highest BCUT2D eigenvalue weighted by atomic mass is 79.9. The Morgan fingerprint density at radius 3 is 1.14 bits per heavy atom. The molecular formula is C34H36Br2O6. The molecule has 0 saturated heterocycles. The minimum absolute atomic E-state index is 0.0757. The molecule has 4 aromatic rings. The zero-order chi connectivity index (χ0) is 29.6. The van der Waals surface area contributed by atoms with E-state index in [1.165, 1.54) is 0 Å². The Morgan fingerprint density at radius 1 is 0.452 bits per heavy atom. The number of halogens is 2. The fourth-order valence-corrected chi connectivity index (χ4v) is 4.76. The first-order valence-electron chi connectivity index (χ1n) is 13.8. The van der Waals surface area contributed by atoms with Crippen molar-refractivity contribution in [2.75, 3.05) is 13.2 Å². The van der Waals surface area contributed by atoms with Crippen LogP contribution in [0.5, 0.6) is 0 Å². The van der Waals surface area contributed by atoms with E-state index in [1.807, 2.05) is 109 Å². The SMILES string of the molecule is O[C@@H]([C@H](O)[C@@H](COCc1ccc(Br)cc1)OCc1ccccc1)[C@@H](COCc1ccc(Br)cc1)OCc1ccccc1. The predicted octanol–water partition coefficient (Wildman–Crippen LogP) is 6.84. The molecule has 4 atom stereocenters. The Labute approximate surface area is 264 Å². The second kappa shape index (κ2) is 17.7. The van der Waals surface area contributed by atoms with Gasteiger partial charge >= 0.3 is 0 Å². The highest BCUT2D eigenvalue weighted by Gasteiger charge is 2.34. The smallest absolute Gasteiger partial charge is 0.111 e. The molecule has 0 aromatic heterocycles. The molecule has 0 saturated carbocycles. The monoisotopic (exact) mass is 698 g/mol. The van der Waals surface area contributed by atoms with Gasteiger partial charge in [-0.15, -0.1) is 0 Å². The predicted molar refractivity (Wildman–Crippen MR) is 170 cm³/mol. The van der Waals surface area contributed by atoms with Crippen LogP contribution < -0.4 is 0 Å². The molecule has 6 nitrogen and oxygen atoms in total. The Kier molecular flexibility index (Phi) is 13.7. The summed E-state index contributed by atoms with van der Waals surface area (Å²) in [4.78, 5) is 0. The molecular weight excluding hydrogens is 664 g/mol. The lowest BCUT2D eigenvalue weighted by molar-refractivity contribution is -0.170. The van der Waals surface area contributed by atoms with E-state index >= 15 is 0 Å². The zero-order valence-corrected chi connectivity index (χ0v) is 26.4. The van der Waals surface area contributed by atoms with Gasteiger partial charge in [0.05, 0.1) is 39.6 Å². The van der Waals surface area contributed by atoms with Crippen molar-refractivity contribution in [3.8, 4) is 0 Å². The van der Waals surface area contributed by atoms with Crippen LogP contribution >= 0.6 is 31.9 Å². The lowest BCUT2D eigenvalue weighted by atomic mass is 10.0. The van der Waals surface area contributed by atoms with E-state index in [0.29, 0.717) is 13.2 Å². The molecule has 0 amide bonds. The third kappa shape index (κ3) is 11.0. The number of aliphatic hydroxyl groups excluding tert-OH is 2. The molecule has 0 aliphatic rings. The first-order chi connectivity index (χ1) is 20.5. The van der Waals surface area contributed by atoms with Crippen molar-refractivity contribution in [1.82, 2.24) is 0 Å². The van der Waals surface area contributed by atoms with Gasteiger partial charge in [0.25, 0.3) is 0 Å².